The first-order valence-electron chi connectivity index (χ1n) is 10.9. The molecule has 0 aromatic heterocycles. The van der Waals surface area contributed by atoms with Gasteiger partial charge >= 0.3 is 12.1 Å². The maximum atomic E-state index is 13.0. The van der Waals surface area contributed by atoms with Gasteiger partial charge in [0.25, 0.3) is 0 Å². The number of fused-ring (bicyclic) bond motifs is 2. The summed E-state index contributed by atoms with van der Waals surface area (Å²) >= 11 is 0. The van der Waals surface area contributed by atoms with Crippen molar-refractivity contribution in [2.45, 2.75) is 44.8 Å². The van der Waals surface area contributed by atoms with Crippen LogP contribution in [0.4, 0.5) is 4.79 Å². The Labute approximate surface area is 177 Å². The van der Waals surface area contributed by atoms with E-state index in [2.05, 4.69) is 5.32 Å². The van der Waals surface area contributed by atoms with E-state index in [1.165, 1.54) is 7.11 Å². The third-order valence-corrected chi connectivity index (χ3v) is 6.95. The second kappa shape index (κ2) is 9.06. The summed E-state index contributed by atoms with van der Waals surface area (Å²) in [6.07, 6.45) is 4.14. The number of carbonyl (C=O) groups is 3. The van der Waals surface area contributed by atoms with Crippen molar-refractivity contribution in [2.75, 3.05) is 20.2 Å². The number of piperidine rings is 1. The molecule has 162 valence electrons. The number of hydrogen-bond donors (Lipinski definition) is 1. The lowest BCUT2D eigenvalue weighted by Crippen LogP contribution is -2.52. The quantitative estimate of drug-likeness (QED) is 0.749. The molecule has 2 bridgehead atoms. The minimum Gasteiger partial charge on any atom is -0.461 e. The van der Waals surface area contributed by atoms with E-state index in [1.54, 1.807) is 4.90 Å². The number of nitrogens with one attached hydrogen (secondary N) is 1. The van der Waals surface area contributed by atoms with E-state index < -0.39 is 6.09 Å². The summed E-state index contributed by atoms with van der Waals surface area (Å²) in [5.41, 5.74) is 0.958. The van der Waals surface area contributed by atoms with Crippen molar-refractivity contribution in [2.24, 2.45) is 23.7 Å². The molecule has 30 heavy (non-hydrogen) atoms. The van der Waals surface area contributed by atoms with Gasteiger partial charge in [0, 0.05) is 19.1 Å². The Kier molecular flexibility index (Phi) is 6.25. The maximum Gasteiger partial charge on any atom is 0.409 e. The first-order chi connectivity index (χ1) is 14.6. The molecule has 1 aromatic carbocycles. The number of likely N-dealkylation sites (tertiary alicyclic amines) is 1. The molecule has 0 radical (unpaired) electrons. The Morgan fingerprint density at radius 1 is 1.10 bits per heavy atom. The summed E-state index contributed by atoms with van der Waals surface area (Å²) in [7, 11) is 1.35. The van der Waals surface area contributed by atoms with E-state index >= 15 is 0 Å². The van der Waals surface area contributed by atoms with E-state index in [9.17, 15) is 14.4 Å². The van der Waals surface area contributed by atoms with Gasteiger partial charge in [-0.3, -0.25) is 9.59 Å². The lowest BCUT2D eigenvalue weighted by molar-refractivity contribution is -0.153. The molecule has 7 heteroatoms. The molecule has 4 rings (SSSR count). The van der Waals surface area contributed by atoms with Gasteiger partial charge in [0.1, 0.15) is 6.61 Å². The fourth-order valence-electron chi connectivity index (χ4n) is 5.43. The van der Waals surface area contributed by atoms with Crippen molar-refractivity contribution in [1.82, 2.24) is 10.2 Å². The fraction of sp³-hybridized carbons (Fsp3) is 0.609. The minimum absolute atomic E-state index is 0.0676. The number of ether oxygens (including phenoxy) is 2. The molecule has 1 N–H and O–H groups in total. The highest BCUT2D eigenvalue weighted by atomic mass is 16.5. The molecule has 2 aliphatic carbocycles. The fourth-order valence-corrected chi connectivity index (χ4v) is 5.43. The lowest BCUT2D eigenvalue weighted by Gasteiger charge is -2.34. The average Bonchev–Trinajstić information content (AvgIpc) is 3.39. The average molecular weight is 415 g/mol. The Morgan fingerprint density at radius 2 is 1.87 bits per heavy atom. The van der Waals surface area contributed by atoms with Crippen LogP contribution in [-0.2, 0) is 25.7 Å². The molecule has 1 heterocycles. The molecule has 3 fully saturated rings. The predicted molar refractivity (Wildman–Crippen MR) is 109 cm³/mol. The SMILES string of the molecule is COC(=O)N1CCC[C@H](C(=O)N[C@H]2[C@H]3CC[C@@H](C3)[C@@H]2C(=O)OCc2ccccc2)C1. The zero-order chi connectivity index (χ0) is 21.1. The second-order valence-electron chi connectivity index (χ2n) is 8.74. The third kappa shape index (κ3) is 4.30. The van der Waals surface area contributed by atoms with Gasteiger partial charge in [-0.2, -0.15) is 0 Å². The highest BCUT2D eigenvalue weighted by molar-refractivity contribution is 5.82. The number of nitrogens with zero attached hydrogens (tertiary/aromatic N) is 1. The lowest BCUT2D eigenvalue weighted by atomic mass is 9.84. The summed E-state index contributed by atoms with van der Waals surface area (Å²) in [6.45, 7) is 1.23. The van der Waals surface area contributed by atoms with Crippen LogP contribution in [0.15, 0.2) is 30.3 Å². The molecule has 2 saturated carbocycles. The Balaban J connectivity index is 1.37. The van der Waals surface area contributed by atoms with Crippen LogP contribution >= 0.6 is 0 Å². The summed E-state index contributed by atoms with van der Waals surface area (Å²) in [4.78, 5) is 39.3. The molecule has 0 spiro atoms. The van der Waals surface area contributed by atoms with Crippen LogP contribution in [0, 0.1) is 23.7 Å². The highest BCUT2D eigenvalue weighted by Gasteiger charge is 2.52. The Morgan fingerprint density at radius 3 is 2.63 bits per heavy atom. The molecule has 0 unspecified atom stereocenters. The zero-order valence-corrected chi connectivity index (χ0v) is 17.4. The van der Waals surface area contributed by atoms with Crippen LogP contribution in [0.25, 0.3) is 0 Å². The molecule has 1 saturated heterocycles. The highest BCUT2D eigenvalue weighted by Crippen LogP contribution is 2.49. The van der Waals surface area contributed by atoms with Gasteiger partial charge in [-0.1, -0.05) is 30.3 Å². The van der Waals surface area contributed by atoms with Gasteiger partial charge in [-0.25, -0.2) is 4.79 Å². The van der Waals surface area contributed by atoms with Gasteiger partial charge in [0.2, 0.25) is 5.91 Å². The first kappa shape index (κ1) is 20.7. The summed E-state index contributed by atoms with van der Waals surface area (Å²) in [5.74, 6) is -0.220. The summed E-state index contributed by atoms with van der Waals surface area (Å²) in [6, 6.07) is 9.47. The van der Waals surface area contributed by atoms with Crippen molar-refractivity contribution >= 4 is 18.0 Å². The van der Waals surface area contributed by atoms with Crippen LogP contribution in [0.3, 0.4) is 0 Å². The molecule has 7 nitrogen and oxygen atoms in total. The molecule has 3 aliphatic rings. The van der Waals surface area contributed by atoms with E-state index in [0.717, 1.165) is 37.7 Å². The van der Waals surface area contributed by atoms with Crippen molar-refractivity contribution in [3.05, 3.63) is 35.9 Å². The number of carbonyl (C=O) groups excluding carboxylic acids is 3. The number of esters is 1. The summed E-state index contributed by atoms with van der Waals surface area (Å²) < 4.78 is 10.4. The van der Waals surface area contributed by atoms with Gasteiger partial charge in [-0.05, 0) is 49.5 Å². The van der Waals surface area contributed by atoms with E-state index in [1.807, 2.05) is 30.3 Å². The second-order valence-corrected chi connectivity index (χ2v) is 8.74. The molecule has 2 amide bonds. The van der Waals surface area contributed by atoms with Crippen LogP contribution in [0.2, 0.25) is 0 Å². The zero-order valence-electron chi connectivity index (χ0n) is 17.4. The molecular formula is C23H30N2O5. The van der Waals surface area contributed by atoms with Crippen LogP contribution in [0.5, 0.6) is 0 Å². The standard InChI is InChI=1S/C23H30N2O5/c1-29-23(28)25-11-5-8-18(13-25)21(26)24-20-17-10-9-16(12-17)19(20)22(27)30-14-15-6-3-2-4-7-15/h2-4,6-7,16-20H,5,8-14H2,1H3,(H,24,26)/t16-,17-,18-,19-,20-/m0/s1. The Bertz CT molecular complexity index is 783. The minimum atomic E-state index is -0.394. The number of rotatable bonds is 5. The number of amides is 2. The van der Waals surface area contributed by atoms with Crippen molar-refractivity contribution in [3.8, 4) is 0 Å². The monoisotopic (exact) mass is 414 g/mol. The van der Waals surface area contributed by atoms with Gasteiger partial charge in [0.15, 0.2) is 0 Å². The van der Waals surface area contributed by atoms with E-state index in [4.69, 9.17) is 9.47 Å². The van der Waals surface area contributed by atoms with E-state index in [0.29, 0.717) is 19.0 Å². The van der Waals surface area contributed by atoms with Crippen molar-refractivity contribution in [1.29, 1.82) is 0 Å². The van der Waals surface area contributed by atoms with Crippen LogP contribution in [-0.4, -0.2) is 49.1 Å². The predicted octanol–water partition coefficient (Wildman–Crippen LogP) is 2.74. The van der Waals surface area contributed by atoms with Crippen LogP contribution < -0.4 is 5.32 Å². The first-order valence-corrected chi connectivity index (χ1v) is 10.9. The molecule has 1 aromatic rings. The number of hydrogen-bond acceptors (Lipinski definition) is 5. The smallest absolute Gasteiger partial charge is 0.409 e. The topological polar surface area (TPSA) is 84.9 Å². The van der Waals surface area contributed by atoms with Crippen molar-refractivity contribution < 1.29 is 23.9 Å². The normalized spacial score (nSPS) is 30.0. The molecular weight excluding hydrogens is 384 g/mol. The molecule has 1 aliphatic heterocycles. The largest absolute Gasteiger partial charge is 0.461 e. The Hall–Kier alpha value is -2.57. The van der Waals surface area contributed by atoms with Gasteiger partial charge < -0.3 is 19.7 Å². The van der Waals surface area contributed by atoms with Gasteiger partial charge in [-0.15, -0.1) is 0 Å². The number of benzene rings is 1. The molecule has 5 atom stereocenters. The maximum absolute atomic E-state index is 13.0. The van der Waals surface area contributed by atoms with E-state index in [-0.39, 0.29) is 42.3 Å². The third-order valence-electron chi connectivity index (χ3n) is 6.95. The summed E-state index contributed by atoms with van der Waals surface area (Å²) in [5, 5.41) is 3.17. The van der Waals surface area contributed by atoms with Gasteiger partial charge in [0.05, 0.1) is 18.9 Å². The van der Waals surface area contributed by atoms with Crippen molar-refractivity contribution in [3.63, 3.8) is 0 Å². The number of methoxy groups -OCH3 is 1. The van der Waals surface area contributed by atoms with Crippen LogP contribution in [0.1, 0.15) is 37.7 Å².